The van der Waals surface area contributed by atoms with Crippen LogP contribution in [0.2, 0.25) is 0 Å². The zero-order valence-electron chi connectivity index (χ0n) is 17.3. The molecular weight excluding hydrogens is 461 g/mol. The highest BCUT2D eigenvalue weighted by Crippen LogP contribution is 2.40. The summed E-state index contributed by atoms with van der Waals surface area (Å²) in [4.78, 5) is 16.2. The largest absolute Gasteiger partial charge is 0.504 e. The van der Waals surface area contributed by atoms with Crippen LogP contribution < -0.4 is 9.47 Å². The number of rotatable bonds is 6. The lowest BCUT2D eigenvalue weighted by molar-refractivity contribution is -0.139. The topological polar surface area (TPSA) is 82.8 Å². The van der Waals surface area contributed by atoms with Crippen molar-refractivity contribution in [3.8, 4) is 16.6 Å². The predicted octanol–water partition coefficient (Wildman–Crippen LogP) is 5.24. The SMILES string of the molecule is COC(=O)c1ccc(OC(c2ccccc2C(F)(F)F)n2cnc3cc(O)c(OC)cc32)s1. The highest BCUT2D eigenvalue weighted by Gasteiger charge is 2.36. The number of phenolic OH excluding ortho intramolecular Hbond substituents is 1. The van der Waals surface area contributed by atoms with Crippen LogP contribution >= 0.6 is 11.3 Å². The molecule has 0 fully saturated rings. The maximum Gasteiger partial charge on any atom is 0.416 e. The summed E-state index contributed by atoms with van der Waals surface area (Å²) in [5.41, 5.74) is -0.346. The molecule has 33 heavy (non-hydrogen) atoms. The molecule has 0 aliphatic rings. The molecule has 0 amide bonds. The van der Waals surface area contributed by atoms with Gasteiger partial charge in [0.1, 0.15) is 4.88 Å². The lowest BCUT2D eigenvalue weighted by Crippen LogP contribution is -2.21. The molecule has 172 valence electrons. The van der Waals surface area contributed by atoms with Gasteiger partial charge in [0.05, 0.1) is 37.1 Å². The number of halogens is 3. The molecule has 0 spiro atoms. The molecule has 4 rings (SSSR count). The minimum atomic E-state index is -4.64. The van der Waals surface area contributed by atoms with Gasteiger partial charge in [-0.1, -0.05) is 29.5 Å². The molecule has 2 aromatic carbocycles. The number of aromatic hydroxyl groups is 1. The summed E-state index contributed by atoms with van der Waals surface area (Å²) in [6.07, 6.45) is -4.63. The van der Waals surface area contributed by atoms with Crippen molar-refractivity contribution in [2.24, 2.45) is 0 Å². The number of esters is 1. The van der Waals surface area contributed by atoms with Gasteiger partial charge in [0.25, 0.3) is 0 Å². The molecule has 0 aliphatic heterocycles. The normalized spacial score (nSPS) is 12.5. The number of fused-ring (bicyclic) bond motifs is 1. The molecule has 0 aliphatic carbocycles. The van der Waals surface area contributed by atoms with E-state index in [9.17, 15) is 23.1 Å². The number of imidazole rings is 1. The zero-order chi connectivity index (χ0) is 23.8. The summed E-state index contributed by atoms with van der Waals surface area (Å²) in [6, 6.07) is 10.8. The highest BCUT2D eigenvalue weighted by molar-refractivity contribution is 7.15. The first-order valence-electron chi connectivity index (χ1n) is 9.47. The van der Waals surface area contributed by atoms with Gasteiger partial charge >= 0.3 is 12.1 Å². The van der Waals surface area contributed by atoms with Crippen molar-refractivity contribution < 1.29 is 37.3 Å². The van der Waals surface area contributed by atoms with Crippen LogP contribution in [0.5, 0.6) is 16.6 Å². The summed E-state index contributed by atoms with van der Waals surface area (Å²) < 4.78 is 58.7. The number of phenols is 1. The summed E-state index contributed by atoms with van der Waals surface area (Å²) in [7, 11) is 2.58. The Balaban J connectivity index is 1.89. The first-order chi connectivity index (χ1) is 15.7. The Bertz CT molecular complexity index is 1320. The molecule has 11 heteroatoms. The van der Waals surface area contributed by atoms with Crippen LogP contribution in [-0.2, 0) is 10.9 Å². The number of benzene rings is 2. The number of aromatic nitrogens is 2. The molecule has 4 aromatic rings. The number of hydrogen-bond acceptors (Lipinski definition) is 7. The van der Waals surface area contributed by atoms with E-state index in [2.05, 4.69) is 9.72 Å². The van der Waals surface area contributed by atoms with Crippen LogP contribution in [0, 0.1) is 0 Å². The Morgan fingerprint density at radius 1 is 1.15 bits per heavy atom. The molecule has 1 unspecified atom stereocenters. The van der Waals surface area contributed by atoms with Crippen LogP contribution in [0.1, 0.15) is 27.0 Å². The van der Waals surface area contributed by atoms with Crippen molar-refractivity contribution in [2.75, 3.05) is 14.2 Å². The second kappa shape index (κ2) is 8.66. The fraction of sp³-hybridized carbons (Fsp3) is 0.182. The number of carbonyl (C=O) groups excluding carboxylic acids is 1. The van der Waals surface area contributed by atoms with Crippen LogP contribution in [0.15, 0.2) is 54.9 Å². The third-order valence-electron chi connectivity index (χ3n) is 4.86. The molecule has 0 saturated carbocycles. The van der Waals surface area contributed by atoms with E-state index in [-0.39, 0.29) is 27.0 Å². The van der Waals surface area contributed by atoms with E-state index in [4.69, 9.17) is 9.47 Å². The lowest BCUT2D eigenvalue weighted by atomic mass is 10.1. The van der Waals surface area contributed by atoms with Gasteiger partial charge in [-0.15, -0.1) is 0 Å². The van der Waals surface area contributed by atoms with Crippen molar-refractivity contribution in [2.45, 2.75) is 12.4 Å². The van der Waals surface area contributed by atoms with E-state index in [1.54, 1.807) is 0 Å². The Morgan fingerprint density at radius 2 is 1.91 bits per heavy atom. The first kappa shape index (κ1) is 22.5. The van der Waals surface area contributed by atoms with Crippen molar-refractivity contribution in [3.05, 3.63) is 70.9 Å². The number of nitrogens with zero attached hydrogens (tertiary/aromatic N) is 2. The summed E-state index contributed by atoms with van der Waals surface area (Å²) in [5, 5.41) is 10.2. The van der Waals surface area contributed by atoms with Gasteiger partial charge in [0.2, 0.25) is 6.23 Å². The van der Waals surface area contributed by atoms with Gasteiger partial charge in [-0.2, -0.15) is 13.2 Å². The lowest BCUT2D eigenvalue weighted by Gasteiger charge is -2.24. The van der Waals surface area contributed by atoms with Crippen molar-refractivity contribution in [3.63, 3.8) is 0 Å². The van der Waals surface area contributed by atoms with Gasteiger partial charge in [-0.05, 0) is 18.2 Å². The molecule has 1 N–H and O–H groups in total. The zero-order valence-corrected chi connectivity index (χ0v) is 18.1. The number of hydrogen-bond donors (Lipinski definition) is 1. The van der Waals surface area contributed by atoms with E-state index in [1.165, 1.54) is 67.6 Å². The Labute approximate surface area is 189 Å². The summed E-state index contributed by atoms with van der Waals surface area (Å²) >= 11 is 0.938. The van der Waals surface area contributed by atoms with Gasteiger partial charge in [0, 0.05) is 17.7 Å². The number of thiophene rings is 1. The molecule has 0 radical (unpaired) electrons. The molecule has 2 heterocycles. The van der Waals surface area contributed by atoms with Crippen LogP contribution in [0.25, 0.3) is 11.0 Å². The van der Waals surface area contributed by atoms with E-state index < -0.39 is 23.9 Å². The van der Waals surface area contributed by atoms with Crippen molar-refractivity contribution >= 4 is 28.3 Å². The molecular formula is C22H17F3N2O5S. The average molecular weight is 478 g/mol. The highest BCUT2D eigenvalue weighted by atomic mass is 32.1. The number of methoxy groups -OCH3 is 2. The number of alkyl halides is 3. The van der Waals surface area contributed by atoms with E-state index in [1.807, 2.05) is 0 Å². The molecule has 1 atom stereocenters. The average Bonchev–Trinajstić information content (AvgIpc) is 3.42. The van der Waals surface area contributed by atoms with Crippen LogP contribution in [0.3, 0.4) is 0 Å². The van der Waals surface area contributed by atoms with E-state index in [0.29, 0.717) is 11.0 Å². The minimum absolute atomic E-state index is 0.121. The molecule has 7 nitrogen and oxygen atoms in total. The van der Waals surface area contributed by atoms with Crippen LogP contribution in [0.4, 0.5) is 13.2 Å². The first-order valence-corrected chi connectivity index (χ1v) is 10.3. The van der Waals surface area contributed by atoms with Crippen molar-refractivity contribution in [1.82, 2.24) is 9.55 Å². The maximum atomic E-state index is 13.8. The Morgan fingerprint density at radius 3 is 2.61 bits per heavy atom. The third-order valence-corrected chi connectivity index (χ3v) is 5.81. The fourth-order valence-corrected chi connectivity index (χ4v) is 4.13. The van der Waals surface area contributed by atoms with Gasteiger partial charge < -0.3 is 19.3 Å². The van der Waals surface area contributed by atoms with Crippen molar-refractivity contribution in [1.29, 1.82) is 0 Å². The Hall–Kier alpha value is -3.73. The Kier molecular flexibility index (Phi) is 5.90. The second-order valence-electron chi connectivity index (χ2n) is 6.83. The number of ether oxygens (including phenoxy) is 3. The van der Waals surface area contributed by atoms with E-state index >= 15 is 0 Å². The minimum Gasteiger partial charge on any atom is -0.504 e. The summed E-state index contributed by atoms with van der Waals surface area (Å²) in [5.74, 6) is -0.629. The maximum absolute atomic E-state index is 13.8. The monoisotopic (exact) mass is 478 g/mol. The number of carbonyl (C=O) groups is 1. The third kappa shape index (κ3) is 4.31. The fourth-order valence-electron chi connectivity index (χ4n) is 3.34. The quantitative estimate of drug-likeness (QED) is 0.382. The van der Waals surface area contributed by atoms with E-state index in [0.717, 1.165) is 17.4 Å². The molecule has 2 aromatic heterocycles. The predicted molar refractivity (Wildman–Crippen MR) is 114 cm³/mol. The van der Waals surface area contributed by atoms with Crippen LogP contribution in [-0.4, -0.2) is 34.8 Å². The van der Waals surface area contributed by atoms with Gasteiger partial charge in [0.15, 0.2) is 16.6 Å². The van der Waals surface area contributed by atoms with Gasteiger partial charge in [-0.3, -0.25) is 4.57 Å². The second-order valence-corrected chi connectivity index (χ2v) is 7.88. The smallest absolute Gasteiger partial charge is 0.416 e. The van der Waals surface area contributed by atoms with Gasteiger partial charge in [-0.25, -0.2) is 9.78 Å². The molecule has 0 bridgehead atoms. The molecule has 0 saturated heterocycles. The summed E-state index contributed by atoms with van der Waals surface area (Å²) in [6.45, 7) is 0. The standard InChI is InChI=1S/C22H17F3N2O5S/c1-30-17-10-15-14(9-16(17)28)26-11-27(15)20(12-5-3-4-6-13(12)22(23,24)25)32-19-8-7-18(33-19)21(29)31-2/h3-11,20,28H,1-2H3.